The number of hydrogen-bond acceptors (Lipinski definition) is 9. The molecule has 0 rings (SSSR count). The Bertz CT molecular complexity index is 1050. The summed E-state index contributed by atoms with van der Waals surface area (Å²) in [5.41, 5.74) is -1.14. The van der Waals surface area contributed by atoms with Crippen molar-refractivity contribution in [3.05, 3.63) is 12.2 Å². The average molecular weight is 713 g/mol. The highest BCUT2D eigenvalue weighted by atomic mass is 31.2. The van der Waals surface area contributed by atoms with E-state index in [1.807, 2.05) is 48.5 Å². The molecule has 2 amide bonds. The van der Waals surface area contributed by atoms with Gasteiger partial charge in [0, 0.05) is 31.0 Å². The highest BCUT2D eigenvalue weighted by molar-refractivity contribution is 7.46. The van der Waals surface area contributed by atoms with Crippen LogP contribution in [-0.4, -0.2) is 90.0 Å². The standard InChI is InChI=1S/C12H21NO3.C8H17O6P.C7H15NO.C6H12O2/c1-6-12(4,5)11(15)13-7-8-16-10(14)9(2)3;1-4-8(2,3)7(9)13-5-6-14-15(10,11)12;1-5-6(2)7(9)8(3)4;1-4-6(2,3)5(7)8/h2,6-8H2,1,3-5H3,(H,13,15);4-6H2,1-3H3,(H2,10,11,12);6H,5H2,1-4H3;4H2,1-3H3,(H,7,8). The number of nitrogens with zero attached hydrogens (tertiary/aromatic N) is 1. The molecule has 0 heterocycles. The number of hydrogen-bond donors (Lipinski definition) is 4. The van der Waals surface area contributed by atoms with E-state index in [4.69, 9.17) is 24.4 Å². The van der Waals surface area contributed by atoms with E-state index in [2.05, 4.69) is 16.4 Å². The molecule has 0 saturated carbocycles. The third kappa shape index (κ3) is 27.2. The summed E-state index contributed by atoms with van der Waals surface area (Å²) in [5, 5.41) is 11.2. The van der Waals surface area contributed by atoms with Gasteiger partial charge in [-0.25, -0.2) is 9.36 Å². The van der Waals surface area contributed by atoms with Crippen molar-refractivity contribution in [1.82, 2.24) is 10.2 Å². The first kappa shape index (κ1) is 52.0. The number of carbonyl (C=O) groups is 5. The van der Waals surface area contributed by atoms with E-state index < -0.39 is 36.6 Å². The van der Waals surface area contributed by atoms with Crippen molar-refractivity contribution >= 4 is 37.5 Å². The Morgan fingerprint density at radius 2 is 1.27 bits per heavy atom. The second-order valence-electron chi connectivity index (χ2n) is 13.2. The van der Waals surface area contributed by atoms with Gasteiger partial charge in [-0.05, 0) is 60.3 Å². The predicted molar refractivity (Wildman–Crippen MR) is 186 cm³/mol. The summed E-state index contributed by atoms with van der Waals surface area (Å²) < 4.78 is 24.0. The second-order valence-corrected chi connectivity index (χ2v) is 14.4. The average Bonchev–Trinajstić information content (AvgIpc) is 3.00. The molecule has 0 aromatic carbocycles. The summed E-state index contributed by atoms with van der Waals surface area (Å²) in [6.07, 6.45) is 3.01. The van der Waals surface area contributed by atoms with Gasteiger partial charge in [-0.15, -0.1) is 0 Å². The number of esters is 2. The maximum Gasteiger partial charge on any atom is 0.469 e. The Labute approximate surface area is 288 Å². The minimum atomic E-state index is -4.46. The van der Waals surface area contributed by atoms with Gasteiger partial charge in [-0.2, -0.15) is 0 Å². The smallest absolute Gasteiger partial charge is 0.469 e. The number of carbonyl (C=O) groups excluding carboxylic acids is 4. The van der Waals surface area contributed by atoms with Gasteiger partial charge in [0.2, 0.25) is 11.8 Å². The Morgan fingerprint density at radius 3 is 1.56 bits per heavy atom. The zero-order valence-electron chi connectivity index (χ0n) is 31.9. The Hall–Kier alpha value is -2.80. The van der Waals surface area contributed by atoms with Gasteiger partial charge >= 0.3 is 25.7 Å². The molecule has 1 atom stereocenters. The molecule has 48 heavy (non-hydrogen) atoms. The van der Waals surface area contributed by atoms with E-state index in [-0.39, 0.29) is 43.0 Å². The number of rotatable bonds is 16. The lowest BCUT2D eigenvalue weighted by atomic mass is 9.89. The zero-order chi connectivity index (χ0) is 39.1. The predicted octanol–water partition coefficient (Wildman–Crippen LogP) is 5.36. The Balaban J connectivity index is -0.000000280. The van der Waals surface area contributed by atoms with Crippen LogP contribution in [0.4, 0.5) is 0 Å². The number of carboxylic acids is 1. The van der Waals surface area contributed by atoms with E-state index in [9.17, 15) is 28.5 Å². The first-order chi connectivity index (χ1) is 21.6. The fraction of sp³-hybridized carbons (Fsp3) is 0.788. The molecule has 14 nitrogen and oxygen atoms in total. The van der Waals surface area contributed by atoms with Crippen molar-refractivity contribution in [1.29, 1.82) is 0 Å². The van der Waals surface area contributed by atoms with Crippen molar-refractivity contribution in [3.8, 4) is 0 Å². The number of nitrogens with one attached hydrogen (secondary N) is 1. The topological polar surface area (TPSA) is 206 Å². The van der Waals surface area contributed by atoms with Crippen LogP contribution in [0, 0.1) is 22.2 Å². The Kier molecular flexibility index (Phi) is 27.3. The normalized spacial score (nSPS) is 11.8. The molecule has 15 heteroatoms. The van der Waals surface area contributed by atoms with Crippen LogP contribution in [-0.2, 0) is 42.5 Å². The minimum absolute atomic E-state index is 0.0265. The number of amides is 2. The molecular formula is C33H65N2O12P. The lowest BCUT2D eigenvalue weighted by Crippen LogP contribution is -2.38. The van der Waals surface area contributed by atoms with Crippen molar-refractivity contribution in [2.45, 2.75) is 109 Å². The molecule has 0 spiro atoms. The highest BCUT2D eigenvalue weighted by Crippen LogP contribution is 2.35. The summed E-state index contributed by atoms with van der Waals surface area (Å²) in [5.74, 6) is -1.18. The third-order valence-electron chi connectivity index (χ3n) is 7.42. The molecule has 0 aliphatic heterocycles. The van der Waals surface area contributed by atoms with E-state index >= 15 is 0 Å². The summed E-state index contributed by atoms with van der Waals surface area (Å²) in [6.45, 7) is 25.4. The molecule has 4 N–H and O–H groups in total. The third-order valence-corrected chi connectivity index (χ3v) is 7.94. The molecule has 0 radical (unpaired) electrons. The maximum atomic E-state index is 11.6. The van der Waals surface area contributed by atoms with Crippen molar-refractivity contribution in [2.75, 3.05) is 40.5 Å². The molecule has 1 unspecified atom stereocenters. The molecule has 0 saturated heterocycles. The lowest BCUT2D eigenvalue weighted by molar-refractivity contribution is -0.155. The molecule has 0 aliphatic rings. The molecule has 0 bridgehead atoms. The van der Waals surface area contributed by atoms with Crippen molar-refractivity contribution in [2.24, 2.45) is 22.2 Å². The van der Waals surface area contributed by atoms with Gasteiger partial charge < -0.3 is 34.6 Å². The highest BCUT2D eigenvalue weighted by Gasteiger charge is 2.27. The van der Waals surface area contributed by atoms with Gasteiger partial charge in [0.25, 0.3) is 0 Å². The maximum absolute atomic E-state index is 11.6. The van der Waals surface area contributed by atoms with E-state index in [0.29, 0.717) is 25.0 Å². The molecule has 0 aliphatic carbocycles. The summed E-state index contributed by atoms with van der Waals surface area (Å²) in [4.78, 5) is 73.5. The van der Waals surface area contributed by atoms with Gasteiger partial charge in [-0.1, -0.05) is 55.0 Å². The van der Waals surface area contributed by atoms with Crippen LogP contribution in [0.1, 0.15) is 109 Å². The number of aliphatic carboxylic acids is 1. The van der Waals surface area contributed by atoms with Crippen LogP contribution in [0.25, 0.3) is 0 Å². The molecular weight excluding hydrogens is 647 g/mol. The van der Waals surface area contributed by atoms with Gasteiger partial charge in [0.05, 0.1) is 24.0 Å². The molecule has 284 valence electrons. The molecule has 0 aromatic heterocycles. The minimum Gasteiger partial charge on any atom is -0.481 e. The quantitative estimate of drug-likeness (QED) is 0.0691. The number of phosphoric ester groups is 1. The second kappa shape index (κ2) is 25.2. The fourth-order valence-electron chi connectivity index (χ4n) is 2.23. The first-order valence-electron chi connectivity index (χ1n) is 16.0. The molecule has 0 aromatic rings. The van der Waals surface area contributed by atoms with Gasteiger partial charge in [0.1, 0.15) is 13.2 Å². The van der Waals surface area contributed by atoms with E-state index in [1.165, 1.54) is 0 Å². The summed E-state index contributed by atoms with van der Waals surface area (Å²) in [7, 11) is -0.892. The number of carboxylic acid groups (broad SMARTS) is 1. The fourth-order valence-corrected chi connectivity index (χ4v) is 2.54. The van der Waals surface area contributed by atoms with Crippen LogP contribution >= 0.6 is 7.82 Å². The van der Waals surface area contributed by atoms with Crippen LogP contribution in [0.15, 0.2) is 12.2 Å². The number of ether oxygens (including phenoxy) is 2. The largest absolute Gasteiger partial charge is 0.481 e. The van der Waals surface area contributed by atoms with Crippen molar-refractivity contribution in [3.63, 3.8) is 0 Å². The molecule has 0 fully saturated rings. The van der Waals surface area contributed by atoms with Crippen LogP contribution < -0.4 is 5.32 Å². The van der Waals surface area contributed by atoms with Crippen molar-refractivity contribution < 1.29 is 57.4 Å². The summed E-state index contributed by atoms with van der Waals surface area (Å²) in [6, 6.07) is 0. The van der Waals surface area contributed by atoms with Crippen LogP contribution in [0.2, 0.25) is 0 Å². The van der Waals surface area contributed by atoms with Gasteiger partial charge in [0.15, 0.2) is 0 Å². The SMILES string of the molecule is C=C(C)C(=O)OCCNC(=O)C(C)(C)CC.CCC(C)(C)C(=O)O.CCC(C)(C)C(=O)OCCOP(=O)(O)O.CCC(C)C(=O)N(C)C. The number of phosphoric acid groups is 1. The lowest BCUT2D eigenvalue weighted by Gasteiger charge is -2.21. The van der Waals surface area contributed by atoms with E-state index in [0.717, 1.165) is 12.8 Å². The monoisotopic (exact) mass is 712 g/mol. The summed E-state index contributed by atoms with van der Waals surface area (Å²) >= 11 is 0. The van der Waals surface area contributed by atoms with E-state index in [1.54, 1.807) is 53.6 Å². The first-order valence-corrected chi connectivity index (χ1v) is 17.6. The Morgan fingerprint density at radius 1 is 0.812 bits per heavy atom. The van der Waals surface area contributed by atoms with Gasteiger partial charge in [-0.3, -0.25) is 23.7 Å². The van der Waals surface area contributed by atoms with Crippen LogP contribution in [0.3, 0.4) is 0 Å². The zero-order valence-corrected chi connectivity index (χ0v) is 32.7. The van der Waals surface area contributed by atoms with Crippen LogP contribution in [0.5, 0.6) is 0 Å².